The quantitative estimate of drug-likeness (QED) is 0.794. The minimum atomic E-state index is 0.445. The molecule has 0 saturated heterocycles. The molecule has 3 nitrogen and oxygen atoms in total. The highest BCUT2D eigenvalue weighted by atomic mass is 35.5. The molecule has 0 amide bonds. The SMILES string of the molecule is Clc1ccc(CNCCOC2CCCCC2)o1. The number of furan rings is 1. The van der Waals surface area contributed by atoms with E-state index in [9.17, 15) is 0 Å². The van der Waals surface area contributed by atoms with Crippen molar-refractivity contribution in [2.45, 2.75) is 44.8 Å². The molecule has 0 bridgehead atoms. The van der Waals surface area contributed by atoms with Crippen LogP contribution in [0.25, 0.3) is 0 Å². The van der Waals surface area contributed by atoms with Crippen LogP contribution in [-0.2, 0) is 11.3 Å². The van der Waals surface area contributed by atoms with Crippen molar-refractivity contribution in [2.75, 3.05) is 13.2 Å². The van der Waals surface area contributed by atoms with Gasteiger partial charge in [0.15, 0.2) is 5.22 Å². The van der Waals surface area contributed by atoms with Crippen LogP contribution >= 0.6 is 11.6 Å². The summed E-state index contributed by atoms with van der Waals surface area (Å²) in [6, 6.07) is 3.65. The molecule has 0 radical (unpaired) electrons. The fourth-order valence-electron chi connectivity index (χ4n) is 2.19. The van der Waals surface area contributed by atoms with Gasteiger partial charge in [-0.2, -0.15) is 0 Å². The van der Waals surface area contributed by atoms with Crippen molar-refractivity contribution in [1.82, 2.24) is 5.32 Å². The van der Waals surface area contributed by atoms with Crippen molar-refractivity contribution in [3.8, 4) is 0 Å². The lowest BCUT2D eigenvalue weighted by Crippen LogP contribution is -2.24. The van der Waals surface area contributed by atoms with Gasteiger partial charge in [0.2, 0.25) is 0 Å². The second-order valence-corrected chi connectivity index (χ2v) is 4.89. The molecule has 1 aliphatic rings. The topological polar surface area (TPSA) is 34.4 Å². The summed E-state index contributed by atoms with van der Waals surface area (Å²) in [7, 11) is 0. The molecule has 1 heterocycles. The molecular formula is C13H20ClNO2. The summed E-state index contributed by atoms with van der Waals surface area (Å²) < 4.78 is 11.0. The molecule has 96 valence electrons. The molecule has 1 aliphatic carbocycles. The lowest BCUT2D eigenvalue weighted by atomic mass is 9.98. The van der Waals surface area contributed by atoms with Crippen LogP contribution in [0, 0.1) is 0 Å². The van der Waals surface area contributed by atoms with E-state index in [-0.39, 0.29) is 0 Å². The van der Waals surface area contributed by atoms with E-state index in [1.165, 1.54) is 32.1 Å². The van der Waals surface area contributed by atoms with Crippen LogP contribution in [0.1, 0.15) is 37.9 Å². The minimum absolute atomic E-state index is 0.445. The monoisotopic (exact) mass is 257 g/mol. The maximum absolute atomic E-state index is 5.81. The summed E-state index contributed by atoms with van der Waals surface area (Å²) in [5.74, 6) is 0.868. The number of ether oxygens (including phenoxy) is 1. The maximum Gasteiger partial charge on any atom is 0.193 e. The standard InChI is InChI=1S/C13H20ClNO2/c14-13-7-6-12(17-13)10-15-8-9-16-11-4-2-1-3-5-11/h6-7,11,15H,1-5,8-10H2. The van der Waals surface area contributed by atoms with Crippen LogP contribution in [0.2, 0.25) is 5.22 Å². The summed E-state index contributed by atoms with van der Waals surface area (Å²) in [6.07, 6.45) is 6.97. The molecule has 0 atom stereocenters. The first kappa shape index (κ1) is 12.9. The molecule has 1 aromatic heterocycles. The first-order chi connectivity index (χ1) is 8.34. The highest BCUT2D eigenvalue weighted by Crippen LogP contribution is 2.19. The predicted octanol–water partition coefficient (Wildman–Crippen LogP) is 3.37. The van der Waals surface area contributed by atoms with Gasteiger partial charge in [-0.3, -0.25) is 0 Å². The molecule has 0 aliphatic heterocycles. The summed E-state index contributed by atoms with van der Waals surface area (Å²) in [5, 5.41) is 3.72. The first-order valence-corrected chi connectivity index (χ1v) is 6.79. The summed E-state index contributed by atoms with van der Waals surface area (Å²) in [6.45, 7) is 2.34. The molecular weight excluding hydrogens is 238 g/mol. The number of nitrogens with one attached hydrogen (secondary N) is 1. The maximum atomic E-state index is 5.81. The Morgan fingerprint density at radius 1 is 1.29 bits per heavy atom. The van der Waals surface area contributed by atoms with Gasteiger partial charge in [-0.25, -0.2) is 0 Å². The number of halogens is 1. The van der Waals surface area contributed by atoms with Gasteiger partial charge in [-0.15, -0.1) is 0 Å². The van der Waals surface area contributed by atoms with Crippen LogP contribution in [0.15, 0.2) is 16.5 Å². The molecule has 4 heteroatoms. The average molecular weight is 258 g/mol. The normalized spacial score (nSPS) is 17.5. The van der Waals surface area contributed by atoms with Crippen molar-refractivity contribution in [3.05, 3.63) is 23.1 Å². The van der Waals surface area contributed by atoms with E-state index in [2.05, 4.69) is 5.32 Å². The van der Waals surface area contributed by atoms with E-state index in [0.717, 1.165) is 18.9 Å². The lowest BCUT2D eigenvalue weighted by Gasteiger charge is -2.21. The smallest absolute Gasteiger partial charge is 0.193 e. The lowest BCUT2D eigenvalue weighted by molar-refractivity contribution is 0.0301. The van der Waals surface area contributed by atoms with Crippen molar-refractivity contribution >= 4 is 11.6 Å². The average Bonchev–Trinajstić information content (AvgIpc) is 2.76. The van der Waals surface area contributed by atoms with Gasteiger partial charge < -0.3 is 14.5 Å². The fraction of sp³-hybridized carbons (Fsp3) is 0.692. The van der Waals surface area contributed by atoms with Gasteiger partial charge in [0.25, 0.3) is 0 Å². The molecule has 1 N–H and O–H groups in total. The van der Waals surface area contributed by atoms with Crippen LogP contribution < -0.4 is 5.32 Å². The highest BCUT2D eigenvalue weighted by molar-refractivity contribution is 6.28. The number of hydrogen-bond donors (Lipinski definition) is 1. The Bertz CT molecular complexity index is 321. The van der Waals surface area contributed by atoms with Crippen LogP contribution in [-0.4, -0.2) is 19.3 Å². The molecule has 1 fully saturated rings. The third kappa shape index (κ3) is 4.70. The molecule has 1 saturated carbocycles. The third-order valence-corrected chi connectivity index (χ3v) is 3.32. The molecule has 1 aromatic rings. The Kier molecular flexibility index (Phi) is 5.36. The molecule has 0 aromatic carbocycles. The van der Waals surface area contributed by atoms with Crippen molar-refractivity contribution < 1.29 is 9.15 Å². The van der Waals surface area contributed by atoms with Crippen LogP contribution in [0.3, 0.4) is 0 Å². The minimum Gasteiger partial charge on any atom is -0.448 e. The largest absolute Gasteiger partial charge is 0.448 e. The van der Waals surface area contributed by atoms with E-state index in [1.807, 2.05) is 6.07 Å². The second kappa shape index (κ2) is 7.04. The zero-order chi connectivity index (χ0) is 11.9. The molecule has 0 spiro atoms. The number of rotatable bonds is 6. The molecule has 17 heavy (non-hydrogen) atoms. The van der Waals surface area contributed by atoms with Gasteiger partial charge in [-0.05, 0) is 36.6 Å². The Labute approximate surface area is 107 Å². The van der Waals surface area contributed by atoms with E-state index in [1.54, 1.807) is 6.07 Å². The zero-order valence-electron chi connectivity index (χ0n) is 10.1. The first-order valence-electron chi connectivity index (χ1n) is 6.41. The molecule has 2 rings (SSSR count). The van der Waals surface area contributed by atoms with Crippen molar-refractivity contribution in [1.29, 1.82) is 0 Å². The van der Waals surface area contributed by atoms with E-state index in [0.29, 0.717) is 17.9 Å². The number of hydrogen-bond acceptors (Lipinski definition) is 3. The second-order valence-electron chi connectivity index (χ2n) is 4.51. The molecule has 0 unspecified atom stereocenters. The highest BCUT2D eigenvalue weighted by Gasteiger charge is 2.12. The third-order valence-electron chi connectivity index (χ3n) is 3.11. The summed E-state index contributed by atoms with van der Waals surface area (Å²) in [5.41, 5.74) is 0. The Morgan fingerprint density at radius 2 is 2.12 bits per heavy atom. The Balaban J connectivity index is 1.51. The fourth-order valence-corrected chi connectivity index (χ4v) is 2.35. The zero-order valence-corrected chi connectivity index (χ0v) is 10.8. The van der Waals surface area contributed by atoms with E-state index >= 15 is 0 Å². The Morgan fingerprint density at radius 3 is 2.82 bits per heavy atom. The van der Waals surface area contributed by atoms with E-state index < -0.39 is 0 Å². The Hall–Kier alpha value is -0.510. The summed E-state index contributed by atoms with van der Waals surface area (Å²) in [4.78, 5) is 0. The van der Waals surface area contributed by atoms with Crippen molar-refractivity contribution in [2.24, 2.45) is 0 Å². The summed E-state index contributed by atoms with van der Waals surface area (Å²) >= 11 is 5.68. The van der Waals surface area contributed by atoms with Gasteiger partial charge >= 0.3 is 0 Å². The van der Waals surface area contributed by atoms with Crippen LogP contribution in [0.5, 0.6) is 0 Å². The van der Waals surface area contributed by atoms with Gasteiger partial charge in [0, 0.05) is 6.54 Å². The van der Waals surface area contributed by atoms with Crippen LogP contribution in [0.4, 0.5) is 0 Å². The van der Waals surface area contributed by atoms with Gasteiger partial charge in [-0.1, -0.05) is 19.3 Å². The van der Waals surface area contributed by atoms with E-state index in [4.69, 9.17) is 20.8 Å². The predicted molar refractivity (Wildman–Crippen MR) is 68.2 cm³/mol. The van der Waals surface area contributed by atoms with Gasteiger partial charge in [0.1, 0.15) is 5.76 Å². The van der Waals surface area contributed by atoms with Crippen molar-refractivity contribution in [3.63, 3.8) is 0 Å². The van der Waals surface area contributed by atoms with Gasteiger partial charge in [0.05, 0.1) is 19.3 Å².